The molecule has 0 aromatic rings. The lowest BCUT2D eigenvalue weighted by atomic mass is 9.85. The maximum Gasteiger partial charge on any atom is 0.303 e. The standard InChI is InChI=1S/C22H37N3O8S/c1-15(26)23-10-5-9-22(4)32-14-21(2,3)19(33-22)20(31)25-11-8-16(27)24-12-13-34-18(30)7-6-17(28)29/h19H,5-14H2,1-4H3,(H,23,26)(H,24,27)(H,25,31)(H,28,29)/t19-,22?/m0/s1. The van der Waals surface area contributed by atoms with Crippen LogP contribution in [0.3, 0.4) is 0 Å². The van der Waals surface area contributed by atoms with Crippen LogP contribution in [-0.4, -0.2) is 77.8 Å². The van der Waals surface area contributed by atoms with E-state index >= 15 is 0 Å². The summed E-state index contributed by atoms with van der Waals surface area (Å²) in [6.07, 6.45) is 0.200. The maximum atomic E-state index is 12.8. The molecule has 0 saturated carbocycles. The van der Waals surface area contributed by atoms with E-state index in [2.05, 4.69) is 16.0 Å². The molecule has 1 aliphatic rings. The Morgan fingerprint density at radius 1 is 0.971 bits per heavy atom. The molecular weight excluding hydrogens is 466 g/mol. The van der Waals surface area contributed by atoms with Crippen molar-refractivity contribution in [1.82, 2.24) is 16.0 Å². The monoisotopic (exact) mass is 503 g/mol. The van der Waals surface area contributed by atoms with Gasteiger partial charge in [0.05, 0.1) is 13.0 Å². The average Bonchev–Trinajstić information content (AvgIpc) is 2.74. The van der Waals surface area contributed by atoms with Crippen LogP contribution in [0.2, 0.25) is 0 Å². The molecule has 34 heavy (non-hydrogen) atoms. The smallest absolute Gasteiger partial charge is 0.303 e. The van der Waals surface area contributed by atoms with Crippen LogP contribution in [0.5, 0.6) is 0 Å². The second kappa shape index (κ2) is 14.3. The van der Waals surface area contributed by atoms with Crippen LogP contribution in [0.15, 0.2) is 0 Å². The summed E-state index contributed by atoms with van der Waals surface area (Å²) in [6.45, 7) is 8.17. The highest BCUT2D eigenvalue weighted by molar-refractivity contribution is 8.13. The highest BCUT2D eigenvalue weighted by Gasteiger charge is 2.47. The fourth-order valence-corrected chi connectivity index (χ4v) is 3.87. The number of amides is 3. The van der Waals surface area contributed by atoms with E-state index in [0.717, 1.165) is 11.8 Å². The minimum absolute atomic E-state index is 0.0427. The zero-order valence-electron chi connectivity index (χ0n) is 20.4. The number of aliphatic carboxylic acids is 1. The Morgan fingerprint density at radius 3 is 2.32 bits per heavy atom. The first-order valence-electron chi connectivity index (χ1n) is 11.3. The van der Waals surface area contributed by atoms with Gasteiger partial charge in [-0.3, -0.25) is 24.0 Å². The van der Waals surface area contributed by atoms with E-state index in [4.69, 9.17) is 14.6 Å². The molecule has 0 radical (unpaired) electrons. The summed E-state index contributed by atoms with van der Waals surface area (Å²) in [5.74, 6) is -2.33. The van der Waals surface area contributed by atoms with Crippen molar-refractivity contribution in [2.24, 2.45) is 5.41 Å². The molecule has 3 amide bonds. The summed E-state index contributed by atoms with van der Waals surface area (Å²) in [6, 6.07) is 0. The van der Waals surface area contributed by atoms with Crippen molar-refractivity contribution >= 4 is 40.6 Å². The third-order valence-corrected chi connectivity index (χ3v) is 6.06. The van der Waals surface area contributed by atoms with E-state index in [9.17, 15) is 24.0 Å². The van der Waals surface area contributed by atoms with Gasteiger partial charge in [-0.2, -0.15) is 0 Å². The minimum Gasteiger partial charge on any atom is -0.481 e. The van der Waals surface area contributed by atoms with E-state index in [-0.39, 0.29) is 55.2 Å². The summed E-state index contributed by atoms with van der Waals surface area (Å²) in [5.41, 5.74) is -0.562. The summed E-state index contributed by atoms with van der Waals surface area (Å²) >= 11 is 0.980. The predicted octanol–water partition coefficient (Wildman–Crippen LogP) is 0.808. The molecule has 194 valence electrons. The van der Waals surface area contributed by atoms with Gasteiger partial charge in [-0.15, -0.1) is 0 Å². The van der Waals surface area contributed by atoms with Gasteiger partial charge in [0.25, 0.3) is 0 Å². The Hall–Kier alpha value is -2.18. The number of hydrogen-bond acceptors (Lipinski definition) is 8. The second-order valence-corrected chi connectivity index (χ2v) is 10.2. The lowest BCUT2D eigenvalue weighted by molar-refractivity contribution is -0.315. The summed E-state index contributed by atoms with van der Waals surface area (Å²) < 4.78 is 11.9. The Labute approximate surface area is 204 Å². The van der Waals surface area contributed by atoms with Crippen LogP contribution < -0.4 is 16.0 Å². The Bertz CT molecular complexity index is 746. The molecule has 1 unspecified atom stereocenters. The van der Waals surface area contributed by atoms with E-state index in [1.807, 2.05) is 13.8 Å². The summed E-state index contributed by atoms with van der Waals surface area (Å²) in [5, 5.41) is 16.4. The SMILES string of the molecule is CC(=O)NCCCC1(C)OCC(C)(C)[C@H](C(=O)NCCC(=O)NCCSC(=O)CCC(=O)O)O1. The molecule has 2 atom stereocenters. The highest BCUT2D eigenvalue weighted by Crippen LogP contribution is 2.37. The molecule has 1 saturated heterocycles. The van der Waals surface area contributed by atoms with E-state index in [0.29, 0.717) is 31.7 Å². The van der Waals surface area contributed by atoms with Gasteiger partial charge in [0.2, 0.25) is 17.7 Å². The van der Waals surface area contributed by atoms with Crippen molar-refractivity contribution in [3.05, 3.63) is 0 Å². The Balaban J connectivity index is 2.35. The number of ether oxygens (including phenoxy) is 2. The fraction of sp³-hybridized carbons (Fsp3) is 0.773. The molecule has 1 fully saturated rings. The van der Waals surface area contributed by atoms with Crippen molar-refractivity contribution in [3.63, 3.8) is 0 Å². The molecule has 4 N–H and O–H groups in total. The van der Waals surface area contributed by atoms with E-state index in [1.54, 1.807) is 6.92 Å². The second-order valence-electron chi connectivity index (χ2n) is 9.00. The molecule has 1 rings (SSSR count). The average molecular weight is 504 g/mol. The van der Waals surface area contributed by atoms with Gasteiger partial charge in [0.15, 0.2) is 10.9 Å². The topological polar surface area (TPSA) is 160 Å². The molecule has 0 aliphatic carbocycles. The Morgan fingerprint density at radius 2 is 1.68 bits per heavy atom. The number of hydrogen-bond donors (Lipinski definition) is 4. The van der Waals surface area contributed by atoms with Gasteiger partial charge in [0, 0.05) is 57.0 Å². The molecule has 11 nitrogen and oxygen atoms in total. The van der Waals surface area contributed by atoms with E-state index < -0.39 is 23.3 Å². The summed E-state index contributed by atoms with van der Waals surface area (Å²) in [4.78, 5) is 57.7. The van der Waals surface area contributed by atoms with Crippen molar-refractivity contribution in [2.45, 2.75) is 71.7 Å². The summed E-state index contributed by atoms with van der Waals surface area (Å²) in [7, 11) is 0. The largest absolute Gasteiger partial charge is 0.481 e. The lowest BCUT2D eigenvalue weighted by Gasteiger charge is -2.46. The van der Waals surface area contributed by atoms with Gasteiger partial charge in [-0.05, 0) is 13.3 Å². The normalized spacial score (nSPS) is 21.4. The Kier molecular flexibility index (Phi) is 12.5. The maximum absolute atomic E-state index is 12.8. The van der Waals surface area contributed by atoms with E-state index in [1.165, 1.54) is 6.92 Å². The van der Waals surface area contributed by atoms with Crippen molar-refractivity contribution < 1.29 is 38.6 Å². The van der Waals surface area contributed by atoms with Crippen molar-refractivity contribution in [2.75, 3.05) is 32.0 Å². The minimum atomic E-state index is -1.02. The molecular formula is C22H37N3O8S. The first-order valence-corrected chi connectivity index (χ1v) is 12.3. The number of thioether (sulfide) groups is 1. The zero-order chi connectivity index (χ0) is 25.8. The third-order valence-electron chi connectivity index (χ3n) is 5.13. The van der Waals surface area contributed by atoms with Crippen LogP contribution in [-0.2, 0) is 33.4 Å². The lowest BCUT2D eigenvalue weighted by Crippen LogP contribution is -2.57. The number of carbonyl (C=O) groups is 5. The van der Waals surface area contributed by atoms with Gasteiger partial charge in [-0.1, -0.05) is 25.6 Å². The number of rotatable bonds is 14. The molecule has 0 aromatic heterocycles. The van der Waals surface area contributed by atoms with Crippen LogP contribution in [0.1, 0.15) is 59.8 Å². The molecule has 0 aromatic carbocycles. The number of nitrogens with one attached hydrogen (secondary N) is 3. The number of carbonyl (C=O) groups excluding carboxylic acids is 4. The van der Waals surface area contributed by atoms with Gasteiger partial charge in [0.1, 0.15) is 6.10 Å². The van der Waals surface area contributed by atoms with Crippen LogP contribution >= 0.6 is 11.8 Å². The molecule has 1 heterocycles. The van der Waals surface area contributed by atoms with Crippen molar-refractivity contribution in [3.8, 4) is 0 Å². The zero-order valence-corrected chi connectivity index (χ0v) is 21.2. The molecule has 12 heteroatoms. The fourth-order valence-electron chi connectivity index (χ4n) is 3.19. The van der Waals surface area contributed by atoms with Gasteiger partial charge >= 0.3 is 5.97 Å². The number of carboxylic acid groups (broad SMARTS) is 1. The van der Waals surface area contributed by atoms with Crippen LogP contribution in [0, 0.1) is 5.41 Å². The quantitative estimate of drug-likeness (QED) is 0.251. The third kappa shape index (κ3) is 11.8. The van der Waals surface area contributed by atoms with Crippen LogP contribution in [0.25, 0.3) is 0 Å². The molecule has 0 bridgehead atoms. The van der Waals surface area contributed by atoms with Gasteiger partial charge in [-0.25, -0.2) is 0 Å². The predicted molar refractivity (Wildman–Crippen MR) is 126 cm³/mol. The molecule has 0 spiro atoms. The molecule has 1 aliphatic heterocycles. The van der Waals surface area contributed by atoms with Crippen LogP contribution in [0.4, 0.5) is 0 Å². The van der Waals surface area contributed by atoms with Gasteiger partial charge < -0.3 is 30.5 Å². The van der Waals surface area contributed by atoms with Crippen molar-refractivity contribution in [1.29, 1.82) is 0 Å². The number of carboxylic acids is 1. The highest BCUT2D eigenvalue weighted by atomic mass is 32.2. The first kappa shape index (κ1) is 29.9. The first-order chi connectivity index (χ1) is 15.8.